The van der Waals surface area contributed by atoms with E-state index in [4.69, 9.17) is 12.2 Å². The predicted octanol–water partition coefficient (Wildman–Crippen LogP) is 6.03. The zero-order chi connectivity index (χ0) is 25.9. The van der Waals surface area contributed by atoms with E-state index in [1.54, 1.807) is 6.20 Å². The largest absolute Gasteiger partial charge is 0.352 e. The highest BCUT2D eigenvalue weighted by molar-refractivity contribution is 7.80. The summed E-state index contributed by atoms with van der Waals surface area (Å²) in [5, 5.41) is 9.31. The maximum absolute atomic E-state index is 13.1. The quantitative estimate of drug-likeness (QED) is 0.258. The van der Waals surface area contributed by atoms with Crippen molar-refractivity contribution in [2.75, 3.05) is 11.9 Å². The molecule has 38 heavy (non-hydrogen) atoms. The van der Waals surface area contributed by atoms with Gasteiger partial charge in [0.1, 0.15) is 0 Å². The number of amides is 1. The average Bonchev–Trinajstić information content (AvgIpc) is 3.57. The molecule has 3 heterocycles. The second kappa shape index (κ2) is 10.5. The molecule has 0 saturated carbocycles. The Bertz CT molecular complexity index is 1580. The van der Waals surface area contributed by atoms with Crippen molar-refractivity contribution in [3.8, 4) is 5.69 Å². The molecule has 7 heteroatoms. The molecule has 188 valence electrons. The molecule has 1 amide bonds. The van der Waals surface area contributed by atoms with Crippen LogP contribution in [0.2, 0.25) is 0 Å². The van der Waals surface area contributed by atoms with Gasteiger partial charge in [0.05, 0.1) is 17.8 Å². The van der Waals surface area contributed by atoms with Gasteiger partial charge in [0.25, 0.3) is 0 Å². The van der Waals surface area contributed by atoms with Gasteiger partial charge in [-0.15, -0.1) is 0 Å². The van der Waals surface area contributed by atoms with Crippen LogP contribution in [-0.2, 0) is 4.79 Å². The van der Waals surface area contributed by atoms with Crippen LogP contribution in [0.1, 0.15) is 29.8 Å². The number of hydrogen-bond acceptors (Lipinski definition) is 3. The average molecular weight is 518 g/mol. The number of carbonyl (C=O) groups is 1. The van der Waals surface area contributed by atoms with E-state index in [1.807, 2.05) is 78.9 Å². The molecule has 0 spiro atoms. The SMILES string of the molecule is O=C(CCN1C(=S)N[C@H](c2ccccn2)[C@H]1c1ccn(-c2ccccc2)c1)Nc1cccc2ccccc12. The summed E-state index contributed by atoms with van der Waals surface area (Å²) < 4.78 is 2.11. The lowest BCUT2D eigenvalue weighted by Crippen LogP contribution is -2.32. The maximum Gasteiger partial charge on any atom is 0.226 e. The van der Waals surface area contributed by atoms with Gasteiger partial charge < -0.3 is 20.1 Å². The highest BCUT2D eigenvalue weighted by Gasteiger charge is 2.40. The molecule has 1 aliphatic rings. The standard InChI is InChI=1S/C31H27N5OS/c37-28(33-26-15-8-10-22-9-4-5-13-25(22)26)17-20-36-30(29(34-31(36)38)27-14-6-7-18-32-27)23-16-19-35(21-23)24-11-2-1-3-12-24/h1-16,18-19,21,29-30H,17,20H2,(H,33,37)(H,34,38)/t29-,30-/m1/s1. The molecular formula is C31H27N5OS. The van der Waals surface area contributed by atoms with Crippen LogP contribution in [-0.4, -0.2) is 32.0 Å². The van der Waals surface area contributed by atoms with Gasteiger partial charge in [-0.25, -0.2) is 0 Å². The Hall–Kier alpha value is -4.49. The van der Waals surface area contributed by atoms with Crippen molar-refractivity contribution >= 4 is 39.7 Å². The van der Waals surface area contributed by atoms with Crippen molar-refractivity contribution in [1.29, 1.82) is 0 Å². The number of aromatic nitrogens is 2. The number of nitrogens with zero attached hydrogens (tertiary/aromatic N) is 3. The summed E-state index contributed by atoms with van der Waals surface area (Å²) in [6, 6.07) is 32.0. The van der Waals surface area contributed by atoms with Crippen LogP contribution in [0.25, 0.3) is 16.5 Å². The van der Waals surface area contributed by atoms with E-state index in [9.17, 15) is 4.79 Å². The van der Waals surface area contributed by atoms with Gasteiger partial charge in [-0.05, 0) is 59.6 Å². The number of anilines is 1. The molecule has 0 aliphatic carbocycles. The van der Waals surface area contributed by atoms with E-state index in [-0.39, 0.29) is 18.0 Å². The van der Waals surface area contributed by atoms with Gasteiger partial charge in [-0.3, -0.25) is 9.78 Å². The maximum atomic E-state index is 13.1. The monoisotopic (exact) mass is 517 g/mol. The summed E-state index contributed by atoms with van der Waals surface area (Å²) in [7, 11) is 0. The number of hydrogen-bond donors (Lipinski definition) is 2. The van der Waals surface area contributed by atoms with Crippen LogP contribution in [0.3, 0.4) is 0 Å². The van der Waals surface area contributed by atoms with Gasteiger partial charge in [0, 0.05) is 48.3 Å². The summed E-state index contributed by atoms with van der Waals surface area (Å²) in [5.41, 5.74) is 3.92. The lowest BCUT2D eigenvalue weighted by molar-refractivity contribution is -0.116. The summed E-state index contributed by atoms with van der Waals surface area (Å²) in [6.07, 6.45) is 6.30. The minimum atomic E-state index is -0.128. The first kappa shape index (κ1) is 23.9. The molecule has 5 aromatic rings. The fourth-order valence-electron chi connectivity index (χ4n) is 5.13. The van der Waals surface area contributed by atoms with Crippen molar-refractivity contribution in [1.82, 2.24) is 19.8 Å². The van der Waals surface area contributed by atoms with Gasteiger partial charge in [-0.2, -0.15) is 0 Å². The molecule has 1 aliphatic heterocycles. The zero-order valence-corrected chi connectivity index (χ0v) is 21.5. The Morgan fingerprint density at radius 2 is 1.71 bits per heavy atom. The number of pyridine rings is 1. The highest BCUT2D eigenvalue weighted by atomic mass is 32.1. The summed E-state index contributed by atoms with van der Waals surface area (Å²) in [6.45, 7) is 0.479. The Labute approximate surface area is 226 Å². The molecule has 3 aromatic carbocycles. The Kier molecular flexibility index (Phi) is 6.58. The predicted molar refractivity (Wildman–Crippen MR) is 155 cm³/mol. The molecule has 6 nitrogen and oxygen atoms in total. The van der Waals surface area contributed by atoms with Gasteiger partial charge in [0.2, 0.25) is 5.91 Å². The van der Waals surface area contributed by atoms with Crippen molar-refractivity contribution in [3.05, 3.63) is 127 Å². The molecule has 1 fully saturated rings. The first-order valence-corrected chi connectivity index (χ1v) is 13.1. The first-order chi connectivity index (χ1) is 18.7. The number of thiocarbonyl (C=S) groups is 1. The number of nitrogens with one attached hydrogen (secondary N) is 2. The summed E-state index contributed by atoms with van der Waals surface area (Å²) >= 11 is 5.79. The molecule has 1 saturated heterocycles. The van der Waals surface area contributed by atoms with E-state index in [0.717, 1.165) is 33.4 Å². The minimum absolute atomic E-state index is 0.0500. The number of rotatable bonds is 7. The van der Waals surface area contributed by atoms with Gasteiger partial charge in [-0.1, -0.05) is 60.7 Å². The zero-order valence-electron chi connectivity index (χ0n) is 20.7. The fraction of sp³-hybridized carbons (Fsp3) is 0.129. The van der Waals surface area contributed by atoms with E-state index < -0.39 is 0 Å². The number of carbonyl (C=O) groups excluding carboxylic acids is 1. The number of para-hydroxylation sites is 1. The second-order valence-electron chi connectivity index (χ2n) is 9.33. The highest BCUT2D eigenvalue weighted by Crippen LogP contribution is 2.39. The Balaban J connectivity index is 1.25. The first-order valence-electron chi connectivity index (χ1n) is 12.7. The van der Waals surface area contributed by atoms with Crippen molar-refractivity contribution < 1.29 is 4.79 Å². The lowest BCUT2D eigenvalue weighted by atomic mass is 9.99. The fourth-order valence-corrected chi connectivity index (χ4v) is 5.46. The third-order valence-electron chi connectivity index (χ3n) is 6.95. The molecule has 2 N–H and O–H groups in total. The molecule has 6 rings (SSSR count). The van der Waals surface area contributed by atoms with Crippen LogP contribution < -0.4 is 10.6 Å². The summed E-state index contributed by atoms with van der Waals surface area (Å²) in [4.78, 5) is 19.8. The van der Waals surface area contributed by atoms with Crippen LogP contribution in [0.5, 0.6) is 0 Å². The summed E-state index contributed by atoms with van der Waals surface area (Å²) in [5.74, 6) is -0.0500. The molecule has 2 atom stereocenters. The molecule has 2 aromatic heterocycles. The van der Waals surface area contributed by atoms with Crippen molar-refractivity contribution in [3.63, 3.8) is 0 Å². The van der Waals surface area contributed by atoms with Crippen molar-refractivity contribution in [2.24, 2.45) is 0 Å². The third-order valence-corrected chi connectivity index (χ3v) is 7.31. The van der Waals surface area contributed by atoms with Gasteiger partial charge >= 0.3 is 0 Å². The molecule has 0 unspecified atom stereocenters. The third kappa shape index (κ3) is 4.76. The van der Waals surface area contributed by atoms with E-state index >= 15 is 0 Å². The molecule has 0 radical (unpaired) electrons. The topological polar surface area (TPSA) is 62.2 Å². The van der Waals surface area contributed by atoms with Crippen LogP contribution in [0.15, 0.2) is 116 Å². The Morgan fingerprint density at radius 1 is 0.921 bits per heavy atom. The van der Waals surface area contributed by atoms with E-state index in [1.165, 1.54) is 0 Å². The van der Waals surface area contributed by atoms with Gasteiger partial charge in [0.15, 0.2) is 5.11 Å². The normalized spacial score (nSPS) is 16.9. The van der Waals surface area contributed by atoms with E-state index in [0.29, 0.717) is 18.1 Å². The van der Waals surface area contributed by atoms with Crippen molar-refractivity contribution in [2.45, 2.75) is 18.5 Å². The number of fused-ring (bicyclic) bond motifs is 1. The minimum Gasteiger partial charge on any atom is -0.352 e. The molecular weight excluding hydrogens is 490 g/mol. The van der Waals surface area contributed by atoms with Crippen LogP contribution >= 0.6 is 12.2 Å². The second-order valence-corrected chi connectivity index (χ2v) is 9.72. The molecule has 0 bridgehead atoms. The number of benzene rings is 3. The van der Waals surface area contributed by atoms with Crippen LogP contribution in [0.4, 0.5) is 5.69 Å². The van der Waals surface area contributed by atoms with E-state index in [2.05, 4.69) is 55.7 Å². The smallest absolute Gasteiger partial charge is 0.226 e. The lowest BCUT2D eigenvalue weighted by Gasteiger charge is -2.27. The van der Waals surface area contributed by atoms with Crippen LogP contribution in [0, 0.1) is 0 Å². The Morgan fingerprint density at radius 3 is 2.55 bits per heavy atom.